The Labute approximate surface area is 88.5 Å². The first-order valence-corrected chi connectivity index (χ1v) is 5.50. The van der Waals surface area contributed by atoms with Gasteiger partial charge in [-0.1, -0.05) is 34.6 Å². The van der Waals surface area contributed by atoms with E-state index in [1.807, 2.05) is 0 Å². The van der Waals surface area contributed by atoms with Crippen LogP contribution < -0.4 is 5.32 Å². The van der Waals surface area contributed by atoms with Gasteiger partial charge in [0.2, 0.25) is 5.91 Å². The predicted octanol–water partition coefficient (Wildman–Crippen LogP) is 2.97. The maximum absolute atomic E-state index is 11.5. The average Bonchev–Trinajstić information content (AvgIpc) is 1.77. The predicted molar refractivity (Wildman–Crippen MR) is 61.1 cm³/mol. The lowest BCUT2D eigenvalue weighted by molar-refractivity contribution is -0.123. The van der Waals surface area contributed by atoms with E-state index < -0.39 is 0 Å². The van der Waals surface area contributed by atoms with Crippen LogP contribution in [0.1, 0.15) is 54.4 Å². The zero-order chi connectivity index (χ0) is 11.4. The highest BCUT2D eigenvalue weighted by atomic mass is 16.1. The molecule has 1 unspecified atom stereocenters. The minimum atomic E-state index is 0.0850. The topological polar surface area (TPSA) is 29.1 Å². The number of hydrogen-bond donors (Lipinski definition) is 1. The molecule has 2 nitrogen and oxygen atoms in total. The van der Waals surface area contributed by atoms with Gasteiger partial charge in [0.1, 0.15) is 0 Å². The Bertz CT molecular complexity index is 179. The highest BCUT2D eigenvalue weighted by Crippen LogP contribution is 2.18. The van der Waals surface area contributed by atoms with E-state index in [2.05, 4.69) is 46.9 Å². The normalized spacial score (nSPS) is 14.2. The molecule has 0 heterocycles. The summed E-state index contributed by atoms with van der Waals surface area (Å²) in [5.74, 6) is 0.811. The zero-order valence-electron chi connectivity index (χ0n) is 10.5. The largest absolute Gasteiger partial charge is 0.354 e. The van der Waals surface area contributed by atoms with Crippen molar-refractivity contribution in [2.75, 3.05) is 0 Å². The van der Waals surface area contributed by atoms with Crippen LogP contribution in [0.2, 0.25) is 0 Å². The molecule has 1 amide bonds. The van der Waals surface area contributed by atoms with Crippen LogP contribution in [0.4, 0.5) is 0 Å². The van der Waals surface area contributed by atoms with E-state index in [-0.39, 0.29) is 11.3 Å². The molecule has 0 aliphatic heterocycles. The van der Waals surface area contributed by atoms with Gasteiger partial charge in [0.15, 0.2) is 0 Å². The number of rotatable bonds is 4. The third kappa shape index (κ3) is 8.09. The quantitative estimate of drug-likeness (QED) is 0.741. The number of carbonyl (C=O) groups is 1. The minimum absolute atomic E-state index is 0.0850. The van der Waals surface area contributed by atoms with Gasteiger partial charge in [-0.3, -0.25) is 4.79 Å². The molecule has 0 saturated carbocycles. The number of amides is 1. The van der Waals surface area contributed by atoms with E-state index >= 15 is 0 Å². The lowest BCUT2D eigenvalue weighted by Gasteiger charge is -2.21. The Morgan fingerprint density at radius 1 is 1.21 bits per heavy atom. The summed E-state index contributed by atoms with van der Waals surface area (Å²) in [7, 11) is 0. The fourth-order valence-electron chi connectivity index (χ4n) is 1.57. The number of hydrogen-bond acceptors (Lipinski definition) is 1. The molecule has 84 valence electrons. The zero-order valence-corrected chi connectivity index (χ0v) is 10.5. The molecule has 0 radical (unpaired) electrons. The molecule has 1 atom stereocenters. The summed E-state index contributed by atoms with van der Waals surface area (Å²) in [6.07, 6.45) is 1.66. The number of nitrogens with one attached hydrogen (secondary N) is 1. The summed E-state index contributed by atoms with van der Waals surface area (Å²) in [4.78, 5) is 11.5. The van der Waals surface area contributed by atoms with E-state index in [1.54, 1.807) is 0 Å². The standard InChI is InChI=1S/C12H25NO/c1-9(2)7-10(3)13-11(14)8-12(4,5)6/h9-10H,7-8H2,1-6H3,(H,13,14). The monoisotopic (exact) mass is 199 g/mol. The second kappa shape index (κ2) is 5.38. The van der Waals surface area contributed by atoms with E-state index in [9.17, 15) is 4.79 Å². The summed E-state index contributed by atoms with van der Waals surface area (Å²) in [5, 5.41) is 3.03. The fourth-order valence-corrected chi connectivity index (χ4v) is 1.57. The SMILES string of the molecule is CC(C)CC(C)NC(=O)CC(C)(C)C. The minimum Gasteiger partial charge on any atom is -0.354 e. The fraction of sp³-hybridized carbons (Fsp3) is 0.917. The highest BCUT2D eigenvalue weighted by Gasteiger charge is 2.17. The van der Waals surface area contributed by atoms with Crippen LogP contribution in [-0.4, -0.2) is 11.9 Å². The molecule has 2 heteroatoms. The van der Waals surface area contributed by atoms with Crippen molar-refractivity contribution < 1.29 is 4.79 Å². The second-order valence-corrected chi connectivity index (χ2v) is 5.84. The van der Waals surface area contributed by atoms with Crippen LogP contribution >= 0.6 is 0 Å². The van der Waals surface area contributed by atoms with Crippen molar-refractivity contribution in [1.29, 1.82) is 0 Å². The van der Waals surface area contributed by atoms with Crippen molar-refractivity contribution in [2.45, 2.75) is 60.4 Å². The van der Waals surface area contributed by atoms with Crippen LogP contribution in [0.3, 0.4) is 0 Å². The molecule has 0 aromatic carbocycles. The maximum Gasteiger partial charge on any atom is 0.220 e. The summed E-state index contributed by atoms with van der Waals surface area (Å²) in [6.45, 7) is 12.7. The summed E-state index contributed by atoms with van der Waals surface area (Å²) < 4.78 is 0. The lowest BCUT2D eigenvalue weighted by atomic mass is 9.91. The molecule has 0 aromatic rings. The highest BCUT2D eigenvalue weighted by molar-refractivity contribution is 5.76. The van der Waals surface area contributed by atoms with Crippen LogP contribution in [0.25, 0.3) is 0 Å². The lowest BCUT2D eigenvalue weighted by Crippen LogP contribution is -2.35. The Kier molecular flexibility index (Phi) is 5.17. The van der Waals surface area contributed by atoms with Gasteiger partial charge in [-0.25, -0.2) is 0 Å². The van der Waals surface area contributed by atoms with Gasteiger partial charge >= 0.3 is 0 Å². The first-order chi connectivity index (χ1) is 6.20. The first kappa shape index (κ1) is 13.5. The summed E-state index contributed by atoms with van der Waals surface area (Å²) >= 11 is 0. The number of carbonyl (C=O) groups excluding carboxylic acids is 1. The molecule has 14 heavy (non-hydrogen) atoms. The summed E-state index contributed by atoms with van der Waals surface area (Å²) in [6, 6.07) is 0.296. The Morgan fingerprint density at radius 2 is 1.71 bits per heavy atom. The smallest absolute Gasteiger partial charge is 0.220 e. The molecule has 0 aliphatic rings. The Balaban J connectivity index is 3.83. The average molecular weight is 199 g/mol. The van der Waals surface area contributed by atoms with E-state index in [4.69, 9.17) is 0 Å². The van der Waals surface area contributed by atoms with Crippen LogP contribution in [0.15, 0.2) is 0 Å². The Hall–Kier alpha value is -0.530. The first-order valence-electron chi connectivity index (χ1n) is 5.50. The van der Waals surface area contributed by atoms with Crippen molar-refractivity contribution in [3.63, 3.8) is 0 Å². The third-order valence-corrected chi connectivity index (χ3v) is 1.92. The van der Waals surface area contributed by atoms with Gasteiger partial charge in [0.05, 0.1) is 0 Å². The van der Waals surface area contributed by atoms with E-state index in [0.29, 0.717) is 18.4 Å². The van der Waals surface area contributed by atoms with Gasteiger partial charge in [0, 0.05) is 12.5 Å². The molecule has 0 rings (SSSR count). The molecule has 0 spiro atoms. The van der Waals surface area contributed by atoms with Crippen molar-refractivity contribution in [3.05, 3.63) is 0 Å². The van der Waals surface area contributed by atoms with Gasteiger partial charge in [0.25, 0.3) is 0 Å². The molecule has 0 fully saturated rings. The van der Waals surface area contributed by atoms with Crippen LogP contribution in [0.5, 0.6) is 0 Å². The van der Waals surface area contributed by atoms with E-state index in [1.165, 1.54) is 0 Å². The molecule has 0 aromatic heterocycles. The van der Waals surface area contributed by atoms with Crippen molar-refractivity contribution >= 4 is 5.91 Å². The van der Waals surface area contributed by atoms with Gasteiger partial charge < -0.3 is 5.32 Å². The third-order valence-electron chi connectivity index (χ3n) is 1.92. The van der Waals surface area contributed by atoms with Crippen molar-refractivity contribution in [3.8, 4) is 0 Å². The van der Waals surface area contributed by atoms with Gasteiger partial charge in [-0.05, 0) is 24.7 Å². The molecular weight excluding hydrogens is 174 g/mol. The molecule has 0 saturated heterocycles. The van der Waals surface area contributed by atoms with Crippen LogP contribution in [0, 0.1) is 11.3 Å². The van der Waals surface area contributed by atoms with E-state index in [0.717, 1.165) is 6.42 Å². The van der Waals surface area contributed by atoms with Crippen molar-refractivity contribution in [1.82, 2.24) is 5.32 Å². The summed E-state index contributed by atoms with van der Waals surface area (Å²) in [5.41, 5.74) is 0.0850. The maximum atomic E-state index is 11.5. The molecule has 0 aliphatic carbocycles. The molecular formula is C12H25NO. The van der Waals surface area contributed by atoms with Gasteiger partial charge in [-0.2, -0.15) is 0 Å². The second-order valence-electron chi connectivity index (χ2n) is 5.84. The van der Waals surface area contributed by atoms with Crippen LogP contribution in [-0.2, 0) is 4.79 Å². The van der Waals surface area contributed by atoms with Crippen molar-refractivity contribution in [2.24, 2.45) is 11.3 Å². The molecule has 1 N–H and O–H groups in total. The Morgan fingerprint density at radius 3 is 2.07 bits per heavy atom. The molecule has 0 bridgehead atoms. The van der Waals surface area contributed by atoms with Gasteiger partial charge in [-0.15, -0.1) is 0 Å².